The minimum absolute atomic E-state index is 0.634. The molecular weight excluding hydrogens is 192 g/mol. The van der Waals surface area contributed by atoms with Gasteiger partial charge in [0, 0.05) is 17.4 Å². The second-order valence-electron chi connectivity index (χ2n) is 3.28. The van der Waals surface area contributed by atoms with Gasteiger partial charge < -0.3 is 9.15 Å². The van der Waals surface area contributed by atoms with E-state index in [1.54, 1.807) is 19.2 Å². The van der Waals surface area contributed by atoms with Gasteiger partial charge >= 0.3 is 0 Å². The van der Waals surface area contributed by atoms with Crippen molar-refractivity contribution in [2.45, 2.75) is 13.3 Å². The van der Waals surface area contributed by atoms with E-state index >= 15 is 0 Å². The van der Waals surface area contributed by atoms with Gasteiger partial charge in [-0.15, -0.1) is 0 Å². The molecule has 0 spiro atoms. The van der Waals surface area contributed by atoms with Crippen molar-refractivity contribution in [3.63, 3.8) is 0 Å². The number of ether oxygens (including phenoxy) is 1. The molecule has 78 valence electrons. The van der Waals surface area contributed by atoms with Gasteiger partial charge in [0.25, 0.3) is 0 Å². The van der Waals surface area contributed by atoms with Gasteiger partial charge in [-0.25, -0.2) is 0 Å². The van der Waals surface area contributed by atoms with Gasteiger partial charge in [-0.1, -0.05) is 6.92 Å². The van der Waals surface area contributed by atoms with Crippen molar-refractivity contribution in [1.29, 1.82) is 0 Å². The Hall–Kier alpha value is -1.77. The first kappa shape index (κ1) is 9.77. The van der Waals surface area contributed by atoms with Crippen molar-refractivity contribution in [3.05, 3.63) is 29.5 Å². The highest BCUT2D eigenvalue weighted by molar-refractivity contribution is 5.98. The van der Waals surface area contributed by atoms with Crippen LogP contribution in [0.15, 0.2) is 22.6 Å². The third kappa shape index (κ3) is 1.50. The number of rotatable bonds is 3. The second-order valence-corrected chi connectivity index (χ2v) is 3.28. The maximum absolute atomic E-state index is 10.8. The molecule has 0 aliphatic rings. The van der Waals surface area contributed by atoms with E-state index in [2.05, 4.69) is 0 Å². The summed E-state index contributed by atoms with van der Waals surface area (Å²) in [4.78, 5) is 10.8. The maximum Gasteiger partial charge on any atom is 0.176 e. The monoisotopic (exact) mass is 204 g/mol. The number of carbonyl (C=O) groups excluding carboxylic acids is 1. The largest absolute Gasteiger partial charge is 0.493 e. The van der Waals surface area contributed by atoms with Crippen LogP contribution < -0.4 is 4.74 Å². The molecule has 1 aromatic heterocycles. The van der Waals surface area contributed by atoms with Crippen LogP contribution in [0.25, 0.3) is 11.0 Å². The van der Waals surface area contributed by atoms with Crippen LogP contribution in [0.5, 0.6) is 5.75 Å². The predicted molar refractivity (Wildman–Crippen MR) is 57.5 cm³/mol. The zero-order chi connectivity index (χ0) is 10.8. The number of furan rings is 1. The Morgan fingerprint density at radius 1 is 1.47 bits per heavy atom. The minimum atomic E-state index is 0.634. The molecule has 0 aliphatic heterocycles. The van der Waals surface area contributed by atoms with Crippen molar-refractivity contribution in [2.75, 3.05) is 7.11 Å². The molecule has 0 atom stereocenters. The average molecular weight is 204 g/mol. The zero-order valence-corrected chi connectivity index (χ0v) is 8.74. The first-order chi connectivity index (χ1) is 7.30. The molecule has 1 aromatic carbocycles. The van der Waals surface area contributed by atoms with E-state index in [0.717, 1.165) is 23.9 Å². The van der Waals surface area contributed by atoms with Crippen LogP contribution in [0.2, 0.25) is 0 Å². The van der Waals surface area contributed by atoms with Crippen LogP contribution in [-0.2, 0) is 6.42 Å². The fourth-order valence-electron chi connectivity index (χ4n) is 1.61. The Balaban J connectivity index is 2.77. The summed E-state index contributed by atoms with van der Waals surface area (Å²) in [6.45, 7) is 2.00. The van der Waals surface area contributed by atoms with Crippen molar-refractivity contribution in [1.82, 2.24) is 0 Å². The van der Waals surface area contributed by atoms with E-state index in [-0.39, 0.29) is 0 Å². The van der Waals surface area contributed by atoms with E-state index in [1.807, 2.05) is 13.0 Å². The summed E-state index contributed by atoms with van der Waals surface area (Å²) >= 11 is 0. The fourth-order valence-corrected chi connectivity index (χ4v) is 1.61. The number of benzene rings is 1. The number of fused-ring (bicyclic) bond motifs is 1. The van der Waals surface area contributed by atoms with Crippen LogP contribution >= 0.6 is 0 Å². The highest BCUT2D eigenvalue weighted by atomic mass is 16.5. The van der Waals surface area contributed by atoms with Gasteiger partial charge in [0.05, 0.1) is 7.11 Å². The first-order valence-corrected chi connectivity index (χ1v) is 4.84. The highest BCUT2D eigenvalue weighted by Crippen LogP contribution is 2.30. The van der Waals surface area contributed by atoms with Crippen molar-refractivity contribution in [3.8, 4) is 5.75 Å². The van der Waals surface area contributed by atoms with Gasteiger partial charge in [-0.05, 0) is 18.2 Å². The summed E-state index contributed by atoms with van der Waals surface area (Å²) in [5.74, 6) is 1.52. The summed E-state index contributed by atoms with van der Waals surface area (Å²) in [5, 5.41) is 0.821. The average Bonchev–Trinajstić information content (AvgIpc) is 2.71. The van der Waals surface area contributed by atoms with Crippen LogP contribution in [0.3, 0.4) is 0 Å². The Labute approximate surface area is 87.6 Å². The SMILES string of the molecule is CCc1cc2c(C=O)ccc(OC)c2o1. The smallest absolute Gasteiger partial charge is 0.176 e. The molecule has 0 unspecified atom stereocenters. The van der Waals surface area contributed by atoms with Crippen LogP contribution in [-0.4, -0.2) is 13.4 Å². The van der Waals surface area contributed by atoms with Crippen LogP contribution in [0.1, 0.15) is 23.0 Å². The first-order valence-electron chi connectivity index (χ1n) is 4.84. The van der Waals surface area contributed by atoms with Crippen molar-refractivity contribution < 1.29 is 13.9 Å². The molecule has 2 aromatic rings. The van der Waals surface area contributed by atoms with E-state index in [1.165, 1.54) is 0 Å². The summed E-state index contributed by atoms with van der Waals surface area (Å²) in [6.07, 6.45) is 1.63. The van der Waals surface area contributed by atoms with Gasteiger partial charge in [0.15, 0.2) is 17.6 Å². The zero-order valence-electron chi connectivity index (χ0n) is 8.74. The number of aryl methyl sites for hydroxylation is 1. The van der Waals surface area contributed by atoms with Gasteiger partial charge in [-0.2, -0.15) is 0 Å². The molecule has 0 saturated carbocycles. The molecular formula is C12H12O3. The van der Waals surface area contributed by atoms with E-state index in [9.17, 15) is 4.79 Å². The molecule has 0 bridgehead atoms. The van der Waals surface area contributed by atoms with E-state index in [0.29, 0.717) is 16.9 Å². The highest BCUT2D eigenvalue weighted by Gasteiger charge is 2.11. The number of hydrogen-bond donors (Lipinski definition) is 0. The Kier molecular flexibility index (Phi) is 2.46. The molecule has 0 radical (unpaired) electrons. The molecule has 0 aliphatic carbocycles. The molecule has 0 fully saturated rings. The summed E-state index contributed by atoms with van der Waals surface area (Å²) < 4.78 is 10.8. The third-order valence-corrected chi connectivity index (χ3v) is 2.43. The lowest BCUT2D eigenvalue weighted by molar-refractivity contribution is 0.112. The van der Waals surface area contributed by atoms with E-state index < -0.39 is 0 Å². The summed E-state index contributed by atoms with van der Waals surface area (Å²) in [5.41, 5.74) is 1.29. The molecule has 3 heteroatoms. The lowest BCUT2D eigenvalue weighted by atomic mass is 10.1. The summed E-state index contributed by atoms with van der Waals surface area (Å²) in [7, 11) is 1.59. The molecule has 0 amide bonds. The number of methoxy groups -OCH3 is 1. The Morgan fingerprint density at radius 2 is 2.27 bits per heavy atom. The number of hydrogen-bond acceptors (Lipinski definition) is 3. The topological polar surface area (TPSA) is 39.4 Å². The third-order valence-electron chi connectivity index (χ3n) is 2.43. The fraction of sp³-hybridized carbons (Fsp3) is 0.250. The Bertz CT molecular complexity index is 497. The standard InChI is InChI=1S/C12H12O3/c1-3-9-6-10-8(7-13)4-5-11(14-2)12(10)15-9/h4-7H,3H2,1-2H3. The lowest BCUT2D eigenvalue weighted by Gasteiger charge is -2.00. The normalized spacial score (nSPS) is 10.5. The van der Waals surface area contributed by atoms with E-state index in [4.69, 9.17) is 9.15 Å². The van der Waals surface area contributed by atoms with Crippen molar-refractivity contribution >= 4 is 17.3 Å². The van der Waals surface area contributed by atoms with Gasteiger partial charge in [-0.3, -0.25) is 4.79 Å². The summed E-state index contributed by atoms with van der Waals surface area (Å²) in [6, 6.07) is 5.37. The molecule has 3 nitrogen and oxygen atoms in total. The van der Waals surface area contributed by atoms with Crippen molar-refractivity contribution in [2.24, 2.45) is 0 Å². The molecule has 0 saturated heterocycles. The maximum atomic E-state index is 10.8. The van der Waals surface area contributed by atoms with Gasteiger partial charge in [0.1, 0.15) is 5.76 Å². The number of aldehydes is 1. The molecule has 1 heterocycles. The number of carbonyl (C=O) groups is 1. The van der Waals surface area contributed by atoms with Crippen LogP contribution in [0, 0.1) is 0 Å². The molecule has 2 rings (SSSR count). The Morgan fingerprint density at radius 3 is 2.87 bits per heavy atom. The molecule has 15 heavy (non-hydrogen) atoms. The lowest BCUT2D eigenvalue weighted by Crippen LogP contribution is -1.86. The second kappa shape index (κ2) is 3.77. The predicted octanol–water partition coefficient (Wildman–Crippen LogP) is 2.82. The minimum Gasteiger partial charge on any atom is -0.493 e. The molecule has 0 N–H and O–H groups in total. The van der Waals surface area contributed by atoms with Crippen LogP contribution in [0.4, 0.5) is 0 Å². The van der Waals surface area contributed by atoms with Gasteiger partial charge in [0.2, 0.25) is 0 Å². The quantitative estimate of drug-likeness (QED) is 0.721.